The molecule has 8 heteroatoms. The van der Waals surface area contributed by atoms with Gasteiger partial charge in [0, 0.05) is 6.07 Å². The second-order valence-electron chi connectivity index (χ2n) is 5.75. The van der Waals surface area contributed by atoms with Gasteiger partial charge < -0.3 is 24.8 Å². The molecule has 0 bridgehead atoms. The molecule has 1 aliphatic rings. The predicted molar refractivity (Wildman–Crippen MR) is 95.6 cm³/mol. The Morgan fingerprint density at radius 3 is 2.78 bits per heavy atom. The number of methoxy groups -OCH3 is 1. The van der Waals surface area contributed by atoms with Crippen LogP contribution in [0.4, 0.5) is 5.69 Å². The second kappa shape index (κ2) is 7.66. The van der Waals surface area contributed by atoms with Gasteiger partial charge in [0.05, 0.1) is 31.0 Å². The number of rotatable bonds is 5. The summed E-state index contributed by atoms with van der Waals surface area (Å²) in [7, 11) is 1.45. The van der Waals surface area contributed by atoms with E-state index < -0.39 is 12.0 Å². The maximum absolute atomic E-state index is 12.7. The number of fused-ring (bicyclic) bond motifs is 1. The van der Waals surface area contributed by atoms with Crippen molar-refractivity contribution in [2.24, 2.45) is 5.73 Å². The molecule has 138 valence electrons. The van der Waals surface area contributed by atoms with E-state index in [1.807, 2.05) is 6.07 Å². The van der Waals surface area contributed by atoms with Crippen LogP contribution in [0.1, 0.15) is 5.56 Å². The van der Waals surface area contributed by atoms with Crippen molar-refractivity contribution >= 4 is 17.5 Å². The number of hydrogen-bond donors (Lipinski definition) is 1. The van der Waals surface area contributed by atoms with Gasteiger partial charge in [0.1, 0.15) is 5.75 Å². The Hall–Kier alpha value is -3.73. The third-order valence-electron chi connectivity index (χ3n) is 4.04. The fourth-order valence-corrected chi connectivity index (χ4v) is 2.69. The Morgan fingerprint density at radius 2 is 2.07 bits per heavy atom. The standard InChI is InChI=1S/C19H17N3O5/c1-25-16-8-12(9-20)6-7-15(16)26-11-18(23)22-10-17(19(21)24)27-14-5-3-2-4-13(14)22/h2-8,17H,10-11H2,1H3,(H2,21,24)/t17-/m1/s1. The van der Waals surface area contributed by atoms with Crippen LogP contribution in [0.2, 0.25) is 0 Å². The number of ether oxygens (including phenoxy) is 3. The molecule has 0 aliphatic carbocycles. The molecule has 1 aliphatic heterocycles. The minimum Gasteiger partial charge on any atom is -0.493 e. The normalized spacial score (nSPS) is 15.1. The molecule has 2 aromatic carbocycles. The van der Waals surface area contributed by atoms with Crippen molar-refractivity contribution in [3.8, 4) is 23.3 Å². The van der Waals surface area contributed by atoms with Gasteiger partial charge in [-0.15, -0.1) is 0 Å². The molecule has 2 aromatic rings. The highest BCUT2D eigenvalue weighted by Gasteiger charge is 2.32. The first-order valence-electron chi connectivity index (χ1n) is 8.09. The number of hydrogen-bond acceptors (Lipinski definition) is 6. The molecule has 0 aromatic heterocycles. The summed E-state index contributed by atoms with van der Waals surface area (Å²) in [6.45, 7) is -0.291. The van der Waals surface area contributed by atoms with Crippen molar-refractivity contribution in [1.29, 1.82) is 5.26 Å². The van der Waals surface area contributed by atoms with E-state index in [1.54, 1.807) is 36.4 Å². The van der Waals surface area contributed by atoms with E-state index in [0.29, 0.717) is 28.5 Å². The molecule has 0 radical (unpaired) electrons. The topological polar surface area (TPSA) is 115 Å². The number of amides is 2. The van der Waals surface area contributed by atoms with Crippen LogP contribution in [0.5, 0.6) is 17.2 Å². The van der Waals surface area contributed by atoms with Gasteiger partial charge in [-0.1, -0.05) is 12.1 Å². The number of nitriles is 1. The average Bonchev–Trinajstić information content (AvgIpc) is 2.70. The first-order chi connectivity index (χ1) is 13.0. The van der Waals surface area contributed by atoms with Crippen molar-refractivity contribution in [1.82, 2.24) is 0 Å². The Kier molecular flexibility index (Phi) is 5.13. The van der Waals surface area contributed by atoms with Gasteiger partial charge in [0.25, 0.3) is 11.8 Å². The largest absolute Gasteiger partial charge is 0.493 e. The Balaban J connectivity index is 1.78. The monoisotopic (exact) mass is 367 g/mol. The summed E-state index contributed by atoms with van der Waals surface area (Å²) < 4.78 is 16.3. The molecule has 1 atom stereocenters. The number of nitrogens with zero attached hydrogens (tertiary/aromatic N) is 2. The van der Waals surface area contributed by atoms with E-state index >= 15 is 0 Å². The molecule has 2 N–H and O–H groups in total. The lowest BCUT2D eigenvalue weighted by molar-refractivity contribution is -0.125. The lowest BCUT2D eigenvalue weighted by Gasteiger charge is -2.33. The maximum atomic E-state index is 12.7. The van der Waals surface area contributed by atoms with Gasteiger partial charge in [0.15, 0.2) is 24.2 Å². The SMILES string of the molecule is COc1cc(C#N)ccc1OCC(=O)N1C[C@H](C(N)=O)Oc2ccccc21. The number of carbonyl (C=O) groups excluding carboxylic acids is 2. The van der Waals surface area contributed by atoms with E-state index in [9.17, 15) is 9.59 Å². The fourth-order valence-electron chi connectivity index (χ4n) is 2.69. The summed E-state index contributed by atoms with van der Waals surface area (Å²) >= 11 is 0. The molecular formula is C19H17N3O5. The highest BCUT2D eigenvalue weighted by molar-refractivity contribution is 5.98. The second-order valence-corrected chi connectivity index (χ2v) is 5.75. The molecule has 0 spiro atoms. The van der Waals surface area contributed by atoms with Crippen molar-refractivity contribution in [3.63, 3.8) is 0 Å². The molecule has 1 heterocycles. The predicted octanol–water partition coefficient (Wildman–Crippen LogP) is 1.23. The first kappa shape index (κ1) is 18.1. The van der Waals surface area contributed by atoms with Gasteiger partial charge in [0.2, 0.25) is 0 Å². The summed E-state index contributed by atoms with van der Waals surface area (Å²) in [5, 5.41) is 8.94. The molecule has 0 unspecified atom stereocenters. The average molecular weight is 367 g/mol. The summed E-state index contributed by atoms with van der Waals surface area (Å²) in [6.07, 6.45) is -0.937. The molecule has 0 fully saturated rings. The molecular weight excluding hydrogens is 350 g/mol. The summed E-state index contributed by atoms with van der Waals surface area (Å²) in [4.78, 5) is 25.7. The highest BCUT2D eigenvalue weighted by atomic mass is 16.5. The number of primary amides is 1. The van der Waals surface area contributed by atoms with E-state index in [1.165, 1.54) is 18.1 Å². The summed E-state index contributed by atoms with van der Waals surface area (Å²) in [5.74, 6) is 0.0503. The molecule has 0 saturated carbocycles. The number of nitrogens with two attached hydrogens (primary N) is 1. The Labute approximate surface area is 155 Å². The van der Waals surface area contributed by atoms with Crippen LogP contribution >= 0.6 is 0 Å². The van der Waals surface area contributed by atoms with Gasteiger partial charge in [-0.25, -0.2) is 0 Å². The summed E-state index contributed by atoms with van der Waals surface area (Å²) in [6, 6.07) is 13.5. The van der Waals surface area contributed by atoms with Crippen molar-refractivity contribution in [2.75, 3.05) is 25.2 Å². The van der Waals surface area contributed by atoms with Crippen LogP contribution in [0.25, 0.3) is 0 Å². The molecule has 2 amide bonds. The summed E-state index contributed by atoms with van der Waals surface area (Å²) in [5.41, 5.74) is 6.29. The van der Waals surface area contributed by atoms with Crippen molar-refractivity contribution in [2.45, 2.75) is 6.10 Å². The van der Waals surface area contributed by atoms with Crippen LogP contribution in [-0.2, 0) is 9.59 Å². The minimum atomic E-state index is -0.937. The van der Waals surface area contributed by atoms with Crippen LogP contribution in [0.15, 0.2) is 42.5 Å². The van der Waals surface area contributed by atoms with Gasteiger partial charge in [-0.3, -0.25) is 9.59 Å². The first-order valence-corrected chi connectivity index (χ1v) is 8.09. The third-order valence-corrected chi connectivity index (χ3v) is 4.04. The highest BCUT2D eigenvalue weighted by Crippen LogP contribution is 2.33. The Bertz CT molecular complexity index is 922. The van der Waals surface area contributed by atoms with Crippen molar-refractivity contribution < 1.29 is 23.8 Å². The van der Waals surface area contributed by atoms with E-state index in [2.05, 4.69) is 0 Å². The third kappa shape index (κ3) is 3.77. The zero-order valence-electron chi connectivity index (χ0n) is 14.5. The number of para-hydroxylation sites is 2. The number of benzene rings is 2. The molecule has 0 saturated heterocycles. The maximum Gasteiger partial charge on any atom is 0.265 e. The lowest BCUT2D eigenvalue weighted by atomic mass is 10.2. The van der Waals surface area contributed by atoms with Crippen LogP contribution in [-0.4, -0.2) is 38.2 Å². The molecule has 8 nitrogen and oxygen atoms in total. The van der Waals surface area contributed by atoms with Crippen molar-refractivity contribution in [3.05, 3.63) is 48.0 Å². The molecule has 3 rings (SSSR count). The fraction of sp³-hybridized carbons (Fsp3) is 0.211. The zero-order valence-corrected chi connectivity index (χ0v) is 14.5. The van der Waals surface area contributed by atoms with E-state index in [-0.39, 0.29) is 19.1 Å². The number of carbonyl (C=O) groups is 2. The zero-order chi connectivity index (χ0) is 19.4. The van der Waals surface area contributed by atoms with E-state index in [0.717, 1.165) is 0 Å². The quantitative estimate of drug-likeness (QED) is 0.850. The number of anilines is 1. The van der Waals surface area contributed by atoms with Crippen LogP contribution < -0.4 is 24.8 Å². The van der Waals surface area contributed by atoms with Gasteiger partial charge >= 0.3 is 0 Å². The van der Waals surface area contributed by atoms with Crippen LogP contribution in [0.3, 0.4) is 0 Å². The van der Waals surface area contributed by atoms with Gasteiger partial charge in [-0.05, 0) is 24.3 Å². The Morgan fingerprint density at radius 1 is 1.30 bits per heavy atom. The lowest BCUT2D eigenvalue weighted by Crippen LogP contribution is -2.50. The van der Waals surface area contributed by atoms with Gasteiger partial charge in [-0.2, -0.15) is 5.26 Å². The van der Waals surface area contributed by atoms with Crippen LogP contribution in [0, 0.1) is 11.3 Å². The van der Waals surface area contributed by atoms with E-state index in [4.69, 9.17) is 25.2 Å². The molecule has 27 heavy (non-hydrogen) atoms. The minimum absolute atomic E-state index is 0.000947. The smallest absolute Gasteiger partial charge is 0.265 e.